The Hall–Kier alpha value is -0.630. The molecule has 1 aromatic rings. The second-order valence-electron chi connectivity index (χ2n) is 4.69. The zero-order valence-corrected chi connectivity index (χ0v) is 12.6. The maximum Gasteiger partial charge on any atom is 0.257 e. The number of rotatable bonds is 5. The number of nitrogens with one attached hydrogen (secondary N) is 2. The van der Waals surface area contributed by atoms with Crippen molar-refractivity contribution in [2.24, 2.45) is 13.0 Å². The molecular weight excluding hydrogens is 288 g/mol. The molecule has 0 aromatic carbocycles. The predicted molar refractivity (Wildman–Crippen MR) is 75.9 cm³/mol. The maximum atomic E-state index is 12.0. The minimum atomic E-state index is -3.42. The zero-order valence-electron chi connectivity index (χ0n) is 11.0. The van der Waals surface area contributed by atoms with E-state index in [2.05, 4.69) is 15.1 Å². The van der Waals surface area contributed by atoms with E-state index in [4.69, 9.17) is 0 Å². The van der Waals surface area contributed by atoms with Gasteiger partial charge in [0.05, 0.1) is 6.20 Å². The van der Waals surface area contributed by atoms with E-state index in [1.165, 1.54) is 29.8 Å². The molecule has 2 N–H and O–H groups in total. The molecule has 0 spiro atoms. The van der Waals surface area contributed by atoms with Crippen LogP contribution in [0.15, 0.2) is 17.3 Å². The van der Waals surface area contributed by atoms with E-state index in [0.29, 0.717) is 12.5 Å². The van der Waals surface area contributed by atoms with Crippen LogP contribution in [-0.2, 0) is 17.1 Å². The van der Waals surface area contributed by atoms with E-state index in [0.717, 1.165) is 19.5 Å². The average molecular weight is 309 g/mol. The lowest BCUT2D eigenvalue weighted by Crippen LogP contribution is -2.33. The van der Waals surface area contributed by atoms with Crippen LogP contribution in [0.2, 0.25) is 0 Å². The lowest BCUT2D eigenvalue weighted by molar-refractivity contribution is 0.358. The van der Waals surface area contributed by atoms with Crippen LogP contribution in [-0.4, -0.2) is 37.8 Å². The quantitative estimate of drug-likeness (QED) is 0.831. The normalized spacial score (nSPS) is 19.9. The van der Waals surface area contributed by atoms with Gasteiger partial charge in [-0.05, 0) is 44.3 Å². The molecule has 0 aliphatic carbocycles. The highest BCUT2D eigenvalue weighted by atomic mass is 35.5. The van der Waals surface area contributed by atoms with Crippen molar-refractivity contribution >= 4 is 22.4 Å². The molecule has 1 atom stereocenters. The molecule has 6 nitrogen and oxygen atoms in total. The van der Waals surface area contributed by atoms with Crippen molar-refractivity contribution < 1.29 is 8.42 Å². The van der Waals surface area contributed by atoms with E-state index in [1.807, 2.05) is 0 Å². The Morgan fingerprint density at radius 1 is 1.58 bits per heavy atom. The number of hydrogen-bond acceptors (Lipinski definition) is 4. The van der Waals surface area contributed by atoms with Gasteiger partial charge in [0.2, 0.25) is 0 Å². The third-order valence-corrected chi connectivity index (χ3v) is 4.83. The molecule has 1 unspecified atom stereocenters. The van der Waals surface area contributed by atoms with Gasteiger partial charge >= 0.3 is 0 Å². The minimum Gasteiger partial charge on any atom is -0.316 e. The minimum absolute atomic E-state index is 0. The first-order valence-electron chi connectivity index (χ1n) is 6.28. The summed E-state index contributed by atoms with van der Waals surface area (Å²) in [5.41, 5.74) is 0. The third kappa shape index (κ3) is 4.45. The van der Waals surface area contributed by atoms with E-state index >= 15 is 0 Å². The summed E-state index contributed by atoms with van der Waals surface area (Å²) in [6.07, 6.45) is 4.73. The molecule has 8 heteroatoms. The number of hydrogen-bond donors (Lipinski definition) is 2. The molecular formula is C11H21ClN4O2S. The lowest BCUT2D eigenvalue weighted by Gasteiger charge is -2.22. The summed E-state index contributed by atoms with van der Waals surface area (Å²) >= 11 is 0. The molecule has 1 saturated heterocycles. The van der Waals surface area contributed by atoms with Crippen LogP contribution in [0.25, 0.3) is 0 Å². The Morgan fingerprint density at radius 2 is 2.37 bits per heavy atom. The number of nitrogens with zero attached hydrogens (tertiary/aromatic N) is 2. The summed E-state index contributed by atoms with van der Waals surface area (Å²) in [5, 5.41) is 7.41. The fourth-order valence-corrected chi connectivity index (χ4v) is 3.44. The van der Waals surface area contributed by atoms with Gasteiger partial charge in [-0.2, -0.15) is 5.10 Å². The van der Waals surface area contributed by atoms with Gasteiger partial charge in [0, 0.05) is 13.6 Å². The molecule has 2 heterocycles. The summed E-state index contributed by atoms with van der Waals surface area (Å²) < 4.78 is 27.9. The van der Waals surface area contributed by atoms with Gasteiger partial charge in [0.1, 0.15) is 0 Å². The Labute approximate surface area is 120 Å². The fraction of sp³-hybridized carbons (Fsp3) is 0.727. The smallest absolute Gasteiger partial charge is 0.257 e. The fourth-order valence-electron chi connectivity index (χ4n) is 2.27. The number of aryl methyl sites for hydroxylation is 1. The zero-order chi connectivity index (χ0) is 13.0. The molecule has 2 rings (SSSR count). The monoisotopic (exact) mass is 308 g/mol. The van der Waals surface area contributed by atoms with Crippen LogP contribution in [0.3, 0.4) is 0 Å². The van der Waals surface area contributed by atoms with Crippen molar-refractivity contribution in [1.29, 1.82) is 0 Å². The summed E-state index contributed by atoms with van der Waals surface area (Å²) in [5.74, 6) is 0.577. The van der Waals surface area contributed by atoms with Gasteiger partial charge in [-0.15, -0.1) is 12.4 Å². The highest BCUT2D eigenvalue weighted by Gasteiger charge is 2.18. The maximum absolute atomic E-state index is 12.0. The third-order valence-electron chi connectivity index (χ3n) is 3.29. The number of sulfonamides is 1. The molecule has 1 aliphatic rings. The number of piperidine rings is 1. The summed E-state index contributed by atoms with van der Waals surface area (Å²) in [6.45, 7) is 2.56. The lowest BCUT2D eigenvalue weighted by atomic mass is 9.96. The van der Waals surface area contributed by atoms with E-state index < -0.39 is 10.0 Å². The first kappa shape index (κ1) is 16.4. The molecule has 0 saturated carbocycles. The largest absolute Gasteiger partial charge is 0.316 e. The first-order valence-corrected chi connectivity index (χ1v) is 7.76. The SMILES string of the molecule is Cl.Cn1nccc1S(=O)(=O)NCCC1CCCNC1. The van der Waals surface area contributed by atoms with Crippen molar-refractivity contribution in [3.63, 3.8) is 0 Å². The number of aromatic nitrogens is 2. The van der Waals surface area contributed by atoms with Gasteiger partial charge in [-0.1, -0.05) is 0 Å². The van der Waals surface area contributed by atoms with Crippen LogP contribution in [0.4, 0.5) is 0 Å². The molecule has 0 radical (unpaired) electrons. The summed E-state index contributed by atoms with van der Waals surface area (Å²) in [6, 6.07) is 1.50. The average Bonchev–Trinajstić information content (AvgIpc) is 2.77. The molecule has 110 valence electrons. The topological polar surface area (TPSA) is 76.0 Å². The van der Waals surface area contributed by atoms with E-state index in [9.17, 15) is 8.42 Å². The molecule has 1 aromatic heterocycles. The van der Waals surface area contributed by atoms with Crippen LogP contribution in [0.1, 0.15) is 19.3 Å². The van der Waals surface area contributed by atoms with E-state index in [-0.39, 0.29) is 17.4 Å². The van der Waals surface area contributed by atoms with Crippen molar-refractivity contribution in [3.05, 3.63) is 12.3 Å². The van der Waals surface area contributed by atoms with Gasteiger partial charge in [0.15, 0.2) is 5.03 Å². The van der Waals surface area contributed by atoms with Gasteiger partial charge < -0.3 is 5.32 Å². The second kappa shape index (κ2) is 7.23. The van der Waals surface area contributed by atoms with Crippen molar-refractivity contribution in [2.75, 3.05) is 19.6 Å². The van der Waals surface area contributed by atoms with Crippen molar-refractivity contribution in [2.45, 2.75) is 24.3 Å². The number of halogens is 1. The second-order valence-corrected chi connectivity index (χ2v) is 6.41. The van der Waals surface area contributed by atoms with Crippen LogP contribution in [0.5, 0.6) is 0 Å². The van der Waals surface area contributed by atoms with Gasteiger partial charge in [-0.3, -0.25) is 4.68 Å². The summed E-state index contributed by atoms with van der Waals surface area (Å²) in [4.78, 5) is 0. The van der Waals surface area contributed by atoms with E-state index in [1.54, 1.807) is 7.05 Å². The Morgan fingerprint density at radius 3 is 2.95 bits per heavy atom. The molecule has 0 amide bonds. The van der Waals surface area contributed by atoms with Crippen molar-refractivity contribution in [1.82, 2.24) is 19.8 Å². The molecule has 19 heavy (non-hydrogen) atoms. The van der Waals surface area contributed by atoms with Crippen LogP contribution < -0.4 is 10.0 Å². The molecule has 1 fully saturated rings. The van der Waals surface area contributed by atoms with Crippen molar-refractivity contribution in [3.8, 4) is 0 Å². The standard InChI is InChI=1S/C11H20N4O2S.ClH/c1-15-11(5-7-13-15)18(16,17)14-8-4-10-3-2-6-12-9-10;/h5,7,10,12,14H,2-4,6,8-9H2,1H3;1H. The van der Waals surface area contributed by atoms with Gasteiger partial charge in [0.25, 0.3) is 10.0 Å². The highest BCUT2D eigenvalue weighted by Crippen LogP contribution is 2.13. The predicted octanol–water partition coefficient (Wildman–Crippen LogP) is 0.510. The van der Waals surface area contributed by atoms with Crippen LogP contribution >= 0.6 is 12.4 Å². The van der Waals surface area contributed by atoms with Crippen LogP contribution in [0, 0.1) is 5.92 Å². The Bertz CT molecular complexity index is 483. The Kier molecular flexibility index (Phi) is 6.25. The Balaban J connectivity index is 0.00000180. The van der Waals surface area contributed by atoms with Gasteiger partial charge in [-0.25, -0.2) is 13.1 Å². The highest BCUT2D eigenvalue weighted by molar-refractivity contribution is 7.89. The molecule has 1 aliphatic heterocycles. The first-order chi connectivity index (χ1) is 8.59. The summed E-state index contributed by atoms with van der Waals surface area (Å²) in [7, 11) is -1.79. The molecule has 0 bridgehead atoms.